The second-order valence-corrected chi connectivity index (χ2v) is 11.3. The number of halogens is 4. The minimum atomic E-state index is -4.43. The number of rotatable bonds is 12. The predicted octanol–water partition coefficient (Wildman–Crippen LogP) is 3.16. The quantitative estimate of drug-likeness (QED) is 0.248. The number of benzene rings is 1. The van der Waals surface area contributed by atoms with Crippen molar-refractivity contribution in [2.75, 3.05) is 17.6 Å². The van der Waals surface area contributed by atoms with E-state index in [2.05, 4.69) is 25.6 Å². The number of nitrogens with one attached hydrogen (secondary N) is 3. The lowest BCUT2D eigenvalue weighted by atomic mass is 9.83. The second-order valence-electron chi connectivity index (χ2n) is 8.52. The molecule has 39 heavy (non-hydrogen) atoms. The Bertz CT molecular complexity index is 1310. The van der Waals surface area contributed by atoms with E-state index in [4.69, 9.17) is 0 Å². The second kappa shape index (κ2) is 13.7. The van der Waals surface area contributed by atoms with E-state index in [-0.39, 0.29) is 22.3 Å². The van der Waals surface area contributed by atoms with E-state index >= 15 is 0 Å². The molecule has 0 radical (unpaired) electrons. The number of nitriles is 1. The average Bonchev–Trinajstić information content (AvgIpc) is 3.38. The maximum absolute atomic E-state index is 13.3. The van der Waals surface area contributed by atoms with Crippen LogP contribution in [-0.4, -0.2) is 61.7 Å². The summed E-state index contributed by atoms with van der Waals surface area (Å²) in [5, 5.41) is 21.3. The summed E-state index contributed by atoms with van der Waals surface area (Å²) in [6.07, 6.45) is -1.82. The molecular formula is C22H24F4N6O5S2. The number of thioether (sulfide) groups is 1. The standard InChI is InChI=1S/C22H24F4N6O5S2/c23-16(24)10-28-39(35,36)15-7-6-14(8-13(15)9-27)29-20(33)18(12-4-2-1-3-5-12)30-21(34)19-22(32-37-31-19)38-11-17(25)26/h6-8,12,16-18,28H,1-5,10-11H2,(H,29,33)(H,30,34)/t18-/m0/s1. The van der Waals surface area contributed by atoms with Crippen molar-refractivity contribution >= 4 is 39.3 Å². The van der Waals surface area contributed by atoms with Crippen molar-refractivity contribution in [2.24, 2.45) is 5.92 Å². The summed E-state index contributed by atoms with van der Waals surface area (Å²) in [5.74, 6) is -2.47. The molecule has 3 N–H and O–H groups in total. The zero-order chi connectivity index (χ0) is 28.6. The van der Waals surface area contributed by atoms with Gasteiger partial charge in [0.05, 0.1) is 22.8 Å². The zero-order valence-electron chi connectivity index (χ0n) is 20.2. The fraction of sp³-hybridized carbons (Fsp3) is 0.500. The lowest BCUT2D eigenvalue weighted by Gasteiger charge is -2.30. The Hall–Kier alpha value is -3.23. The highest BCUT2D eigenvalue weighted by Crippen LogP contribution is 2.29. The molecule has 1 aliphatic carbocycles. The van der Waals surface area contributed by atoms with Crippen LogP contribution in [0.5, 0.6) is 0 Å². The number of hydrogen-bond acceptors (Lipinski definition) is 9. The summed E-state index contributed by atoms with van der Waals surface area (Å²) in [7, 11) is -4.43. The summed E-state index contributed by atoms with van der Waals surface area (Å²) >= 11 is 0.571. The Morgan fingerprint density at radius 1 is 1.13 bits per heavy atom. The van der Waals surface area contributed by atoms with E-state index in [1.165, 1.54) is 6.07 Å². The lowest BCUT2D eigenvalue weighted by molar-refractivity contribution is -0.119. The Morgan fingerprint density at radius 2 is 1.85 bits per heavy atom. The molecule has 0 saturated heterocycles. The van der Waals surface area contributed by atoms with Gasteiger partial charge >= 0.3 is 0 Å². The number of nitrogens with zero attached hydrogens (tertiary/aromatic N) is 3. The van der Waals surface area contributed by atoms with Crippen LogP contribution in [0.1, 0.15) is 48.2 Å². The molecule has 1 heterocycles. The molecule has 17 heteroatoms. The van der Waals surface area contributed by atoms with E-state index < -0.39 is 63.5 Å². The van der Waals surface area contributed by atoms with Gasteiger partial charge < -0.3 is 10.6 Å². The first-order valence-electron chi connectivity index (χ1n) is 11.7. The summed E-state index contributed by atoms with van der Waals surface area (Å²) < 4.78 is 81.0. The molecule has 2 aromatic rings. The van der Waals surface area contributed by atoms with Crippen LogP contribution >= 0.6 is 11.8 Å². The van der Waals surface area contributed by atoms with Gasteiger partial charge in [-0.15, -0.1) is 0 Å². The van der Waals surface area contributed by atoms with Gasteiger partial charge in [-0.05, 0) is 47.3 Å². The summed E-state index contributed by atoms with van der Waals surface area (Å²) in [4.78, 5) is 25.7. The smallest absolute Gasteiger partial charge is 0.277 e. The number of carbonyl (C=O) groups is 2. The van der Waals surface area contributed by atoms with Crippen molar-refractivity contribution in [2.45, 2.75) is 60.9 Å². The first-order chi connectivity index (χ1) is 18.5. The van der Waals surface area contributed by atoms with Crippen LogP contribution < -0.4 is 15.4 Å². The van der Waals surface area contributed by atoms with Gasteiger partial charge in [0.25, 0.3) is 12.3 Å². The van der Waals surface area contributed by atoms with Gasteiger partial charge in [-0.2, -0.15) is 5.26 Å². The highest BCUT2D eigenvalue weighted by atomic mass is 32.2. The lowest BCUT2D eigenvalue weighted by Crippen LogP contribution is -2.49. The highest BCUT2D eigenvalue weighted by molar-refractivity contribution is 7.99. The summed E-state index contributed by atoms with van der Waals surface area (Å²) in [6.45, 7) is -1.14. The molecule has 1 saturated carbocycles. The van der Waals surface area contributed by atoms with Crippen LogP contribution in [0.2, 0.25) is 0 Å². The van der Waals surface area contributed by atoms with Gasteiger partial charge in [0.1, 0.15) is 12.1 Å². The fourth-order valence-corrected chi connectivity index (χ4v) is 5.81. The number of alkyl halides is 4. The largest absolute Gasteiger partial charge is 0.338 e. The van der Waals surface area contributed by atoms with Crippen molar-refractivity contribution < 1.29 is 40.2 Å². The minimum absolute atomic E-state index is 0.0238. The molecule has 11 nitrogen and oxygen atoms in total. The number of amides is 2. The summed E-state index contributed by atoms with van der Waals surface area (Å²) in [5.41, 5.74) is -0.732. The number of anilines is 1. The van der Waals surface area contributed by atoms with Gasteiger partial charge in [0.15, 0.2) is 5.03 Å². The van der Waals surface area contributed by atoms with Crippen LogP contribution in [0, 0.1) is 17.2 Å². The Balaban J connectivity index is 1.80. The first kappa shape index (κ1) is 30.3. The fourth-order valence-electron chi connectivity index (χ4n) is 4.03. The first-order valence-corrected chi connectivity index (χ1v) is 14.2. The molecule has 1 aromatic carbocycles. The molecule has 0 bridgehead atoms. The van der Waals surface area contributed by atoms with E-state index in [1.807, 2.05) is 0 Å². The van der Waals surface area contributed by atoms with Gasteiger partial charge in [-0.3, -0.25) is 9.59 Å². The molecule has 1 atom stereocenters. The van der Waals surface area contributed by atoms with Crippen molar-refractivity contribution in [3.05, 3.63) is 29.5 Å². The van der Waals surface area contributed by atoms with Gasteiger partial charge in [0.2, 0.25) is 28.0 Å². The third-order valence-electron chi connectivity index (χ3n) is 5.79. The molecule has 2 amide bonds. The Labute approximate surface area is 225 Å². The van der Waals surface area contributed by atoms with Gasteiger partial charge in [-0.25, -0.2) is 35.3 Å². The van der Waals surface area contributed by atoms with Crippen molar-refractivity contribution in [3.63, 3.8) is 0 Å². The van der Waals surface area contributed by atoms with Crippen molar-refractivity contribution in [3.8, 4) is 6.07 Å². The van der Waals surface area contributed by atoms with E-state index in [0.717, 1.165) is 31.4 Å². The molecule has 3 rings (SSSR count). The highest BCUT2D eigenvalue weighted by Gasteiger charge is 2.33. The monoisotopic (exact) mass is 592 g/mol. The normalized spacial score (nSPS) is 15.2. The SMILES string of the molecule is N#Cc1cc(NC(=O)[C@@H](NC(=O)c2nonc2SCC(F)F)C2CCCCC2)ccc1S(=O)(=O)NCC(F)F. The minimum Gasteiger partial charge on any atom is -0.338 e. The number of hydrogen-bond donors (Lipinski definition) is 3. The van der Waals surface area contributed by atoms with Gasteiger partial charge in [-0.1, -0.05) is 31.0 Å². The molecule has 1 fully saturated rings. The third kappa shape index (κ3) is 8.38. The zero-order valence-corrected chi connectivity index (χ0v) is 21.8. The van der Waals surface area contributed by atoms with Crippen LogP contribution in [0.3, 0.4) is 0 Å². The predicted molar refractivity (Wildman–Crippen MR) is 130 cm³/mol. The molecular weight excluding hydrogens is 568 g/mol. The number of sulfonamides is 1. The molecule has 1 aromatic heterocycles. The molecule has 1 aliphatic rings. The van der Waals surface area contributed by atoms with Crippen LogP contribution in [0.15, 0.2) is 32.7 Å². The molecule has 0 unspecified atom stereocenters. The van der Waals surface area contributed by atoms with Gasteiger partial charge in [0, 0.05) is 5.69 Å². The van der Waals surface area contributed by atoms with Crippen molar-refractivity contribution in [1.82, 2.24) is 20.4 Å². The van der Waals surface area contributed by atoms with Crippen LogP contribution in [-0.2, 0) is 14.8 Å². The Morgan fingerprint density at radius 3 is 2.49 bits per heavy atom. The third-order valence-corrected chi connectivity index (χ3v) is 8.24. The number of carbonyl (C=O) groups excluding carboxylic acids is 2. The van der Waals surface area contributed by atoms with E-state index in [0.29, 0.717) is 24.6 Å². The topological polar surface area (TPSA) is 167 Å². The maximum Gasteiger partial charge on any atom is 0.277 e. The van der Waals surface area contributed by atoms with E-state index in [1.54, 1.807) is 10.8 Å². The molecule has 0 spiro atoms. The maximum atomic E-state index is 13.3. The molecule has 0 aliphatic heterocycles. The van der Waals surface area contributed by atoms with Crippen LogP contribution in [0.4, 0.5) is 23.2 Å². The van der Waals surface area contributed by atoms with Crippen LogP contribution in [0.25, 0.3) is 0 Å². The average molecular weight is 593 g/mol. The number of aromatic nitrogens is 2. The van der Waals surface area contributed by atoms with E-state index in [9.17, 15) is 40.8 Å². The molecule has 212 valence electrons. The van der Waals surface area contributed by atoms with Crippen molar-refractivity contribution in [1.29, 1.82) is 5.26 Å². The summed E-state index contributed by atoms with van der Waals surface area (Å²) in [6, 6.07) is 3.80. The Kier molecular flexibility index (Phi) is 10.7.